The molecular formula is C30H34F6O. The summed E-state index contributed by atoms with van der Waals surface area (Å²) < 4.78 is 83.8. The van der Waals surface area contributed by atoms with Crippen LogP contribution in [0.1, 0.15) is 93.7 Å². The Hall–Kier alpha value is -2.44. The maximum Gasteiger partial charge on any atom is 0.573 e. The van der Waals surface area contributed by atoms with Crippen molar-refractivity contribution in [2.75, 3.05) is 0 Å². The first-order valence-corrected chi connectivity index (χ1v) is 13.4. The van der Waals surface area contributed by atoms with E-state index in [0.29, 0.717) is 18.1 Å². The molecular weight excluding hydrogens is 490 g/mol. The first-order chi connectivity index (χ1) is 17.6. The molecule has 0 saturated heterocycles. The molecule has 0 bridgehead atoms. The zero-order valence-electron chi connectivity index (χ0n) is 21.1. The second-order valence-electron chi connectivity index (χ2n) is 10.6. The molecule has 2 aliphatic rings. The lowest BCUT2D eigenvalue weighted by Gasteiger charge is -2.38. The number of hydrogen-bond donors (Lipinski definition) is 0. The van der Waals surface area contributed by atoms with Gasteiger partial charge in [0.25, 0.3) is 0 Å². The van der Waals surface area contributed by atoms with Gasteiger partial charge in [-0.15, -0.1) is 13.2 Å². The van der Waals surface area contributed by atoms with Crippen LogP contribution in [0, 0.1) is 23.6 Å². The summed E-state index contributed by atoms with van der Waals surface area (Å²) in [6, 6.07) is 8.59. The van der Waals surface area contributed by atoms with Crippen molar-refractivity contribution < 1.29 is 31.1 Å². The van der Waals surface area contributed by atoms with Crippen molar-refractivity contribution in [2.45, 2.75) is 83.4 Å². The molecule has 0 aliphatic heterocycles. The van der Waals surface area contributed by atoms with Gasteiger partial charge in [0.15, 0.2) is 23.2 Å². The number of alkyl halides is 3. The summed E-state index contributed by atoms with van der Waals surface area (Å²) in [5.74, 6) is -2.13. The average Bonchev–Trinajstić information content (AvgIpc) is 2.89. The normalized spacial score (nSPS) is 25.5. The summed E-state index contributed by atoms with van der Waals surface area (Å²) in [5.41, 5.74) is 0.590. The van der Waals surface area contributed by atoms with Crippen LogP contribution >= 0.6 is 0 Å². The molecule has 2 saturated carbocycles. The molecule has 0 unspecified atom stereocenters. The van der Waals surface area contributed by atoms with Gasteiger partial charge in [0, 0.05) is 11.1 Å². The molecule has 2 aromatic rings. The number of rotatable bonds is 7. The van der Waals surface area contributed by atoms with Crippen molar-refractivity contribution in [1.29, 1.82) is 0 Å². The molecule has 0 aromatic heterocycles. The monoisotopic (exact) mass is 524 g/mol. The van der Waals surface area contributed by atoms with Crippen molar-refractivity contribution in [3.05, 3.63) is 65.0 Å². The van der Waals surface area contributed by atoms with Gasteiger partial charge >= 0.3 is 6.36 Å². The van der Waals surface area contributed by atoms with Crippen molar-refractivity contribution in [3.63, 3.8) is 0 Å². The topological polar surface area (TPSA) is 9.23 Å². The predicted octanol–water partition coefficient (Wildman–Crippen LogP) is 10.4. The molecule has 2 aromatic carbocycles. The van der Waals surface area contributed by atoms with E-state index in [0.717, 1.165) is 42.2 Å². The van der Waals surface area contributed by atoms with Crippen LogP contribution in [-0.2, 0) is 0 Å². The van der Waals surface area contributed by atoms with Crippen LogP contribution in [0.25, 0.3) is 11.7 Å². The minimum Gasteiger partial charge on any atom is -0.403 e. The SMILES string of the molecule is CCCC1CCC(C2CCC(c3ccc(C(F)=C(F)c4ccc(OC(F)(F)F)c(F)c4)cc3)CC2)CC1. The first kappa shape index (κ1) is 27.6. The van der Waals surface area contributed by atoms with Gasteiger partial charge in [-0.2, -0.15) is 0 Å². The van der Waals surface area contributed by atoms with Crippen LogP contribution < -0.4 is 4.74 Å². The average molecular weight is 525 g/mol. The van der Waals surface area contributed by atoms with E-state index in [1.165, 1.54) is 63.5 Å². The van der Waals surface area contributed by atoms with Crippen LogP contribution in [0.5, 0.6) is 5.75 Å². The Morgan fingerprint density at radius 3 is 1.86 bits per heavy atom. The van der Waals surface area contributed by atoms with Crippen LogP contribution in [0.3, 0.4) is 0 Å². The van der Waals surface area contributed by atoms with Gasteiger partial charge in [0.2, 0.25) is 0 Å². The van der Waals surface area contributed by atoms with Gasteiger partial charge in [0.1, 0.15) is 0 Å². The van der Waals surface area contributed by atoms with Gasteiger partial charge in [-0.05, 0) is 86.0 Å². The summed E-state index contributed by atoms with van der Waals surface area (Å²) in [6.07, 6.45) is 7.59. The lowest BCUT2D eigenvalue weighted by Crippen LogP contribution is -2.25. The second-order valence-corrected chi connectivity index (χ2v) is 10.6. The fraction of sp³-hybridized carbons (Fsp3) is 0.533. The molecule has 0 radical (unpaired) electrons. The molecule has 0 atom stereocenters. The lowest BCUT2D eigenvalue weighted by atomic mass is 9.68. The number of halogens is 6. The van der Waals surface area contributed by atoms with E-state index in [1.54, 1.807) is 0 Å². The predicted molar refractivity (Wildman–Crippen MR) is 134 cm³/mol. The highest BCUT2D eigenvalue weighted by Crippen LogP contribution is 2.44. The van der Waals surface area contributed by atoms with Gasteiger partial charge < -0.3 is 4.74 Å². The molecule has 0 heterocycles. The Bertz CT molecular complexity index is 1060. The summed E-state index contributed by atoms with van der Waals surface area (Å²) in [4.78, 5) is 0. The quantitative estimate of drug-likeness (QED) is 0.259. The van der Waals surface area contributed by atoms with Gasteiger partial charge in [-0.1, -0.05) is 56.9 Å². The Morgan fingerprint density at radius 2 is 1.32 bits per heavy atom. The van der Waals surface area contributed by atoms with E-state index in [4.69, 9.17) is 0 Å². The molecule has 37 heavy (non-hydrogen) atoms. The van der Waals surface area contributed by atoms with Crippen molar-refractivity contribution in [1.82, 2.24) is 0 Å². The molecule has 2 aliphatic carbocycles. The number of benzene rings is 2. The highest BCUT2D eigenvalue weighted by atomic mass is 19.4. The Kier molecular flexibility index (Phi) is 8.91. The van der Waals surface area contributed by atoms with E-state index in [-0.39, 0.29) is 5.56 Å². The van der Waals surface area contributed by atoms with Crippen LogP contribution in [0.4, 0.5) is 26.3 Å². The Morgan fingerprint density at radius 1 is 0.784 bits per heavy atom. The third-order valence-corrected chi connectivity index (χ3v) is 8.27. The molecule has 0 spiro atoms. The standard InChI is InChI=1S/C30H34F6O/c1-2-3-19-4-6-20(7-5-19)21-8-10-22(11-9-21)23-12-14-24(15-13-23)28(32)29(33)25-16-17-27(26(31)18-25)37-30(34,35)36/h12-22H,2-11H2,1H3. The van der Waals surface area contributed by atoms with Crippen LogP contribution in [-0.4, -0.2) is 6.36 Å². The maximum atomic E-state index is 14.8. The second kappa shape index (κ2) is 12.0. The van der Waals surface area contributed by atoms with Gasteiger partial charge in [-0.3, -0.25) is 0 Å². The smallest absolute Gasteiger partial charge is 0.403 e. The van der Waals surface area contributed by atoms with E-state index in [1.807, 2.05) is 12.1 Å². The minimum atomic E-state index is -5.09. The highest BCUT2D eigenvalue weighted by Gasteiger charge is 2.33. The zero-order valence-corrected chi connectivity index (χ0v) is 21.1. The largest absolute Gasteiger partial charge is 0.573 e. The van der Waals surface area contributed by atoms with E-state index in [9.17, 15) is 26.3 Å². The fourth-order valence-electron chi connectivity index (χ4n) is 6.28. The van der Waals surface area contributed by atoms with E-state index >= 15 is 0 Å². The molecule has 202 valence electrons. The third kappa shape index (κ3) is 7.11. The zero-order chi connectivity index (χ0) is 26.6. The van der Waals surface area contributed by atoms with Crippen molar-refractivity contribution in [2.24, 2.45) is 17.8 Å². The van der Waals surface area contributed by atoms with Crippen molar-refractivity contribution in [3.8, 4) is 5.75 Å². The van der Waals surface area contributed by atoms with Gasteiger partial charge in [-0.25, -0.2) is 13.2 Å². The third-order valence-electron chi connectivity index (χ3n) is 8.27. The van der Waals surface area contributed by atoms with Crippen LogP contribution in [0.2, 0.25) is 0 Å². The molecule has 0 amide bonds. The summed E-state index contributed by atoms with van der Waals surface area (Å²) >= 11 is 0. The Labute approximate surface area is 214 Å². The van der Waals surface area contributed by atoms with E-state index < -0.39 is 35.1 Å². The Balaban J connectivity index is 1.35. The summed E-state index contributed by atoms with van der Waals surface area (Å²) in [5, 5.41) is 0. The molecule has 4 rings (SSSR count). The molecule has 7 heteroatoms. The van der Waals surface area contributed by atoms with Crippen molar-refractivity contribution >= 4 is 11.7 Å². The summed E-state index contributed by atoms with van der Waals surface area (Å²) in [7, 11) is 0. The minimum absolute atomic E-state index is 0.00481. The maximum absolute atomic E-state index is 14.8. The summed E-state index contributed by atoms with van der Waals surface area (Å²) in [6.45, 7) is 2.26. The fourth-order valence-corrected chi connectivity index (χ4v) is 6.28. The highest BCUT2D eigenvalue weighted by molar-refractivity contribution is 5.83. The van der Waals surface area contributed by atoms with Crippen LogP contribution in [0.15, 0.2) is 42.5 Å². The van der Waals surface area contributed by atoms with E-state index in [2.05, 4.69) is 11.7 Å². The van der Waals surface area contributed by atoms with Gasteiger partial charge in [0.05, 0.1) is 0 Å². The molecule has 2 fully saturated rings. The lowest BCUT2D eigenvalue weighted by molar-refractivity contribution is -0.275. The number of hydrogen-bond acceptors (Lipinski definition) is 1. The first-order valence-electron chi connectivity index (χ1n) is 13.4. The molecule has 1 nitrogen and oxygen atoms in total. The number of ether oxygens (including phenoxy) is 1. The molecule has 0 N–H and O–H groups in total.